The molecule has 21 heavy (non-hydrogen) atoms. The van der Waals surface area contributed by atoms with Crippen molar-refractivity contribution in [1.29, 1.82) is 0 Å². The standard InChI is InChI=1S/C15H18N2O3S/c1-3-17-21(18,19)15-7-5-4-6-14(15)20-13-10-8-12(16-2)9-11-13/h4-11,16-17H,3H2,1-2H3. The number of sulfonamides is 1. The van der Waals surface area contributed by atoms with Gasteiger partial charge in [-0.2, -0.15) is 0 Å². The van der Waals surface area contributed by atoms with Gasteiger partial charge in [0.2, 0.25) is 10.0 Å². The zero-order valence-corrected chi connectivity index (χ0v) is 12.8. The lowest BCUT2D eigenvalue weighted by Gasteiger charge is -2.12. The van der Waals surface area contributed by atoms with Crippen LogP contribution in [0.2, 0.25) is 0 Å². The van der Waals surface area contributed by atoms with E-state index in [-0.39, 0.29) is 4.90 Å². The van der Waals surface area contributed by atoms with E-state index in [1.54, 1.807) is 37.3 Å². The van der Waals surface area contributed by atoms with Crippen LogP contribution < -0.4 is 14.8 Å². The molecule has 2 aromatic rings. The first-order chi connectivity index (χ1) is 10.1. The van der Waals surface area contributed by atoms with E-state index < -0.39 is 10.0 Å². The van der Waals surface area contributed by atoms with Crippen molar-refractivity contribution in [1.82, 2.24) is 4.72 Å². The van der Waals surface area contributed by atoms with Crippen molar-refractivity contribution in [2.45, 2.75) is 11.8 Å². The minimum Gasteiger partial charge on any atom is -0.456 e. The Labute approximate surface area is 125 Å². The summed E-state index contributed by atoms with van der Waals surface area (Å²) in [5.41, 5.74) is 0.955. The Morgan fingerprint density at radius 1 is 1.05 bits per heavy atom. The van der Waals surface area contributed by atoms with Gasteiger partial charge in [-0.15, -0.1) is 0 Å². The molecule has 6 heteroatoms. The summed E-state index contributed by atoms with van der Waals surface area (Å²) in [5.74, 6) is 0.879. The second kappa shape index (κ2) is 6.60. The molecule has 2 aromatic carbocycles. The SMILES string of the molecule is CCNS(=O)(=O)c1ccccc1Oc1ccc(NC)cc1. The summed E-state index contributed by atoms with van der Waals surface area (Å²) in [4.78, 5) is 0.129. The highest BCUT2D eigenvalue weighted by Crippen LogP contribution is 2.29. The Kier molecular flexibility index (Phi) is 4.82. The molecule has 0 bridgehead atoms. The third kappa shape index (κ3) is 3.74. The average molecular weight is 306 g/mol. The van der Waals surface area contributed by atoms with Gasteiger partial charge >= 0.3 is 0 Å². The first kappa shape index (κ1) is 15.3. The van der Waals surface area contributed by atoms with E-state index in [0.717, 1.165) is 5.69 Å². The van der Waals surface area contributed by atoms with Crippen LogP contribution in [0.15, 0.2) is 53.4 Å². The lowest BCUT2D eigenvalue weighted by atomic mass is 10.3. The molecule has 0 aliphatic carbocycles. The van der Waals surface area contributed by atoms with Crippen molar-refractivity contribution in [2.75, 3.05) is 18.9 Å². The molecule has 112 valence electrons. The highest BCUT2D eigenvalue weighted by atomic mass is 32.2. The Bertz CT molecular complexity index is 697. The van der Waals surface area contributed by atoms with Crippen LogP contribution in [0.1, 0.15) is 6.92 Å². The van der Waals surface area contributed by atoms with Gasteiger partial charge in [-0.05, 0) is 36.4 Å². The number of ether oxygens (including phenoxy) is 1. The Morgan fingerprint density at radius 3 is 2.33 bits per heavy atom. The van der Waals surface area contributed by atoms with Gasteiger partial charge in [-0.25, -0.2) is 13.1 Å². The van der Waals surface area contributed by atoms with Gasteiger partial charge in [0.15, 0.2) is 0 Å². The largest absolute Gasteiger partial charge is 0.456 e. The number of anilines is 1. The van der Waals surface area contributed by atoms with Crippen LogP contribution in [-0.4, -0.2) is 22.0 Å². The molecule has 0 atom stereocenters. The van der Waals surface area contributed by atoms with Crippen molar-refractivity contribution in [3.8, 4) is 11.5 Å². The maximum absolute atomic E-state index is 12.1. The van der Waals surface area contributed by atoms with Crippen LogP contribution in [0.4, 0.5) is 5.69 Å². The first-order valence-electron chi connectivity index (χ1n) is 6.61. The summed E-state index contributed by atoms with van der Waals surface area (Å²) in [5, 5.41) is 3.01. The Morgan fingerprint density at radius 2 is 1.71 bits per heavy atom. The number of para-hydroxylation sites is 1. The fourth-order valence-corrected chi connectivity index (χ4v) is 3.01. The topological polar surface area (TPSA) is 67.4 Å². The molecule has 2 rings (SSSR count). The zero-order chi connectivity index (χ0) is 15.3. The van der Waals surface area contributed by atoms with Gasteiger partial charge in [0.25, 0.3) is 0 Å². The van der Waals surface area contributed by atoms with E-state index in [1.165, 1.54) is 6.07 Å². The summed E-state index contributed by atoms with van der Waals surface area (Å²) in [6, 6.07) is 13.8. The molecule has 0 unspecified atom stereocenters. The van der Waals surface area contributed by atoms with Crippen molar-refractivity contribution in [3.05, 3.63) is 48.5 Å². The van der Waals surface area contributed by atoms with Crippen LogP contribution >= 0.6 is 0 Å². The van der Waals surface area contributed by atoms with Crippen molar-refractivity contribution < 1.29 is 13.2 Å². The monoisotopic (exact) mass is 306 g/mol. The third-order valence-electron chi connectivity index (χ3n) is 2.84. The minimum atomic E-state index is -3.56. The highest BCUT2D eigenvalue weighted by Gasteiger charge is 2.18. The maximum Gasteiger partial charge on any atom is 0.244 e. The molecule has 0 aromatic heterocycles. The first-order valence-corrected chi connectivity index (χ1v) is 8.09. The van der Waals surface area contributed by atoms with E-state index in [9.17, 15) is 8.42 Å². The average Bonchev–Trinajstić information content (AvgIpc) is 2.48. The lowest BCUT2D eigenvalue weighted by Crippen LogP contribution is -2.23. The Balaban J connectivity index is 2.32. The van der Waals surface area contributed by atoms with Crippen LogP contribution in [0.3, 0.4) is 0 Å². The molecular formula is C15H18N2O3S. The fraction of sp³-hybridized carbons (Fsp3) is 0.200. The van der Waals surface area contributed by atoms with E-state index in [4.69, 9.17) is 4.74 Å². The summed E-state index contributed by atoms with van der Waals surface area (Å²) in [7, 11) is -1.73. The molecule has 0 amide bonds. The number of benzene rings is 2. The number of hydrogen-bond acceptors (Lipinski definition) is 4. The molecule has 0 spiro atoms. The number of rotatable bonds is 6. The highest BCUT2D eigenvalue weighted by molar-refractivity contribution is 7.89. The van der Waals surface area contributed by atoms with Crippen molar-refractivity contribution >= 4 is 15.7 Å². The normalized spacial score (nSPS) is 11.1. The van der Waals surface area contributed by atoms with Crippen LogP contribution in [0.25, 0.3) is 0 Å². The molecule has 0 aliphatic heterocycles. The second-order valence-electron chi connectivity index (χ2n) is 4.32. The van der Waals surface area contributed by atoms with Gasteiger partial charge < -0.3 is 10.1 Å². The third-order valence-corrected chi connectivity index (χ3v) is 4.43. The van der Waals surface area contributed by atoms with Crippen molar-refractivity contribution in [3.63, 3.8) is 0 Å². The maximum atomic E-state index is 12.1. The van der Waals surface area contributed by atoms with E-state index in [2.05, 4.69) is 10.0 Å². The van der Waals surface area contributed by atoms with Crippen LogP contribution in [0.5, 0.6) is 11.5 Å². The predicted molar refractivity (Wildman–Crippen MR) is 83.4 cm³/mol. The summed E-state index contributed by atoms with van der Waals surface area (Å²) in [6.07, 6.45) is 0. The molecule has 0 saturated heterocycles. The molecule has 0 saturated carbocycles. The lowest BCUT2D eigenvalue weighted by molar-refractivity contribution is 0.467. The fourth-order valence-electron chi connectivity index (χ4n) is 1.84. The predicted octanol–water partition coefficient (Wildman–Crippen LogP) is 2.82. The Hall–Kier alpha value is -2.05. The quantitative estimate of drug-likeness (QED) is 0.861. The molecule has 0 fully saturated rings. The summed E-state index contributed by atoms with van der Waals surface area (Å²) in [6.45, 7) is 2.06. The van der Waals surface area contributed by atoms with E-state index >= 15 is 0 Å². The summed E-state index contributed by atoms with van der Waals surface area (Å²) >= 11 is 0. The van der Waals surface area contributed by atoms with Gasteiger partial charge in [0.05, 0.1) is 0 Å². The van der Waals surface area contributed by atoms with E-state index in [0.29, 0.717) is 18.0 Å². The van der Waals surface area contributed by atoms with Crippen LogP contribution in [0, 0.1) is 0 Å². The van der Waals surface area contributed by atoms with Gasteiger partial charge in [0.1, 0.15) is 16.4 Å². The molecule has 5 nitrogen and oxygen atoms in total. The number of nitrogens with one attached hydrogen (secondary N) is 2. The second-order valence-corrected chi connectivity index (χ2v) is 6.06. The molecule has 0 radical (unpaired) electrons. The van der Waals surface area contributed by atoms with Crippen LogP contribution in [-0.2, 0) is 10.0 Å². The zero-order valence-electron chi connectivity index (χ0n) is 12.0. The number of hydrogen-bond donors (Lipinski definition) is 2. The van der Waals surface area contributed by atoms with Gasteiger partial charge in [-0.1, -0.05) is 19.1 Å². The smallest absolute Gasteiger partial charge is 0.244 e. The molecule has 2 N–H and O–H groups in total. The van der Waals surface area contributed by atoms with Gasteiger partial charge in [-0.3, -0.25) is 0 Å². The van der Waals surface area contributed by atoms with Gasteiger partial charge in [0, 0.05) is 19.3 Å². The minimum absolute atomic E-state index is 0.129. The van der Waals surface area contributed by atoms with E-state index in [1.807, 2.05) is 19.2 Å². The molecular weight excluding hydrogens is 288 g/mol. The molecule has 0 aliphatic rings. The summed E-state index contributed by atoms with van der Waals surface area (Å²) < 4.78 is 32.4. The van der Waals surface area contributed by atoms with Crippen molar-refractivity contribution in [2.24, 2.45) is 0 Å². The molecule has 0 heterocycles.